The number of allylic oxidation sites excluding steroid dienone is 22. The highest BCUT2D eigenvalue weighted by molar-refractivity contribution is 5.70. The molecular weight excluding hydrogens is 861 g/mol. The van der Waals surface area contributed by atoms with Crippen LogP contribution in [0.2, 0.25) is 0 Å². The molecule has 0 aliphatic carbocycles. The standard InChI is InChI=1S/C65H106O5/c1-4-7-10-13-16-19-22-25-28-31-33-35-37-40-43-46-49-52-55-58-64(66)69-62-63(61-68-60-57-54-51-48-45-42-39-36-32-29-26-23-20-17-14-11-8-5-2)70-65(67)59-56-53-50-47-44-41-38-34-30-27-24-21-18-15-12-9-6-3/h7-8,10-11,16-21,25-30,33,35-36,39,45,48,63H,4-6,9,12-15,22-24,31-32,34,37-38,40-44,46-47,49-62H2,1-3H3/b10-7-,11-8-,19-16-,20-17-,21-18-,28-25-,29-26-,30-27-,35-33-,39-36-,48-45-. The highest BCUT2D eigenvalue weighted by Crippen LogP contribution is 2.13. The monoisotopic (exact) mass is 967 g/mol. The molecule has 1 unspecified atom stereocenters. The molecule has 5 heteroatoms. The number of rotatable bonds is 51. The molecule has 70 heavy (non-hydrogen) atoms. The topological polar surface area (TPSA) is 61.8 Å². The van der Waals surface area contributed by atoms with Crippen molar-refractivity contribution in [3.63, 3.8) is 0 Å². The first kappa shape index (κ1) is 66.0. The summed E-state index contributed by atoms with van der Waals surface area (Å²) in [7, 11) is 0. The maximum absolute atomic E-state index is 12.9. The molecule has 0 fully saturated rings. The molecule has 0 radical (unpaired) electrons. The quantitative estimate of drug-likeness (QED) is 0.0345. The molecule has 0 saturated heterocycles. The molecule has 0 saturated carbocycles. The van der Waals surface area contributed by atoms with Crippen molar-refractivity contribution in [2.75, 3.05) is 19.8 Å². The van der Waals surface area contributed by atoms with Crippen LogP contribution in [0.15, 0.2) is 134 Å². The Labute approximate surface area is 432 Å². The van der Waals surface area contributed by atoms with Crippen LogP contribution in [0, 0.1) is 0 Å². The van der Waals surface area contributed by atoms with Crippen molar-refractivity contribution in [3.8, 4) is 0 Å². The van der Waals surface area contributed by atoms with Crippen molar-refractivity contribution in [3.05, 3.63) is 134 Å². The Morgan fingerprint density at radius 2 is 0.643 bits per heavy atom. The molecule has 0 heterocycles. The molecule has 5 nitrogen and oxygen atoms in total. The number of carbonyl (C=O) groups excluding carboxylic acids is 2. The molecule has 0 amide bonds. The number of ether oxygens (including phenoxy) is 3. The maximum atomic E-state index is 12.9. The van der Waals surface area contributed by atoms with E-state index in [1.165, 1.54) is 70.6 Å². The Bertz CT molecular complexity index is 1470. The normalized spacial score (nSPS) is 13.2. The van der Waals surface area contributed by atoms with Gasteiger partial charge < -0.3 is 14.2 Å². The predicted octanol–water partition coefficient (Wildman–Crippen LogP) is 19.9. The summed E-state index contributed by atoms with van der Waals surface area (Å²) in [5, 5.41) is 0. The molecule has 0 aromatic heterocycles. The summed E-state index contributed by atoms with van der Waals surface area (Å²) in [6.45, 7) is 7.45. The molecule has 0 aliphatic rings. The van der Waals surface area contributed by atoms with Gasteiger partial charge in [0.05, 0.1) is 6.61 Å². The summed E-state index contributed by atoms with van der Waals surface area (Å²) in [6, 6.07) is 0. The molecule has 0 N–H and O–H groups in total. The molecule has 396 valence electrons. The third-order valence-corrected chi connectivity index (χ3v) is 11.7. The summed E-state index contributed by atoms with van der Waals surface area (Å²) < 4.78 is 17.4. The van der Waals surface area contributed by atoms with Gasteiger partial charge in [-0.1, -0.05) is 225 Å². The van der Waals surface area contributed by atoms with Crippen molar-refractivity contribution in [1.29, 1.82) is 0 Å². The van der Waals surface area contributed by atoms with Crippen LogP contribution >= 0.6 is 0 Å². The highest BCUT2D eigenvalue weighted by atomic mass is 16.6. The molecule has 0 aromatic carbocycles. The molecule has 0 aliphatic heterocycles. The van der Waals surface area contributed by atoms with E-state index in [2.05, 4.69) is 154 Å². The Morgan fingerprint density at radius 1 is 0.329 bits per heavy atom. The number of carbonyl (C=O) groups is 2. The van der Waals surface area contributed by atoms with Gasteiger partial charge in [-0.25, -0.2) is 0 Å². The zero-order chi connectivity index (χ0) is 50.6. The third-order valence-electron chi connectivity index (χ3n) is 11.7. The first-order valence-corrected chi connectivity index (χ1v) is 28.7. The van der Waals surface area contributed by atoms with Gasteiger partial charge >= 0.3 is 11.9 Å². The minimum absolute atomic E-state index is 0.0485. The van der Waals surface area contributed by atoms with Crippen molar-refractivity contribution in [2.45, 2.75) is 245 Å². The zero-order valence-corrected chi connectivity index (χ0v) is 45.5. The van der Waals surface area contributed by atoms with Gasteiger partial charge in [-0.2, -0.15) is 0 Å². The van der Waals surface area contributed by atoms with Crippen LogP contribution in [0.3, 0.4) is 0 Å². The van der Waals surface area contributed by atoms with Crippen LogP contribution in [0.25, 0.3) is 0 Å². The second kappa shape index (κ2) is 59.3. The average molecular weight is 968 g/mol. The Hall–Kier alpha value is -3.96. The van der Waals surface area contributed by atoms with E-state index in [0.29, 0.717) is 19.4 Å². The largest absolute Gasteiger partial charge is 0.462 e. The Morgan fingerprint density at radius 3 is 1.03 bits per heavy atom. The van der Waals surface area contributed by atoms with Crippen LogP contribution in [0.1, 0.15) is 239 Å². The van der Waals surface area contributed by atoms with Crippen LogP contribution in [-0.2, 0) is 23.8 Å². The molecular formula is C65H106O5. The fourth-order valence-electron chi connectivity index (χ4n) is 7.44. The number of esters is 2. The number of hydrogen-bond donors (Lipinski definition) is 0. The predicted molar refractivity (Wildman–Crippen MR) is 306 cm³/mol. The van der Waals surface area contributed by atoms with Crippen molar-refractivity contribution >= 4 is 11.9 Å². The fraction of sp³-hybridized carbons (Fsp3) is 0.631. The average Bonchev–Trinajstić information content (AvgIpc) is 3.36. The van der Waals surface area contributed by atoms with E-state index in [0.717, 1.165) is 135 Å². The molecule has 0 spiro atoms. The molecule has 0 bridgehead atoms. The van der Waals surface area contributed by atoms with Crippen LogP contribution in [0.4, 0.5) is 0 Å². The van der Waals surface area contributed by atoms with E-state index in [4.69, 9.17) is 14.2 Å². The van der Waals surface area contributed by atoms with Gasteiger partial charge in [0.15, 0.2) is 6.10 Å². The summed E-state index contributed by atoms with van der Waals surface area (Å²) in [4.78, 5) is 25.5. The smallest absolute Gasteiger partial charge is 0.306 e. The van der Waals surface area contributed by atoms with Gasteiger partial charge in [0, 0.05) is 19.4 Å². The maximum Gasteiger partial charge on any atom is 0.306 e. The van der Waals surface area contributed by atoms with Crippen LogP contribution < -0.4 is 0 Å². The van der Waals surface area contributed by atoms with Gasteiger partial charge in [0.1, 0.15) is 6.61 Å². The van der Waals surface area contributed by atoms with E-state index in [1.54, 1.807) is 0 Å². The molecule has 0 aromatic rings. The van der Waals surface area contributed by atoms with Crippen molar-refractivity contribution < 1.29 is 23.8 Å². The summed E-state index contributed by atoms with van der Waals surface area (Å²) in [5.41, 5.74) is 0. The third kappa shape index (κ3) is 56.6. The van der Waals surface area contributed by atoms with Gasteiger partial charge in [0.2, 0.25) is 0 Å². The van der Waals surface area contributed by atoms with Crippen LogP contribution in [-0.4, -0.2) is 37.9 Å². The molecule has 1 atom stereocenters. The minimum Gasteiger partial charge on any atom is -0.462 e. The van der Waals surface area contributed by atoms with E-state index in [-0.39, 0.29) is 25.2 Å². The first-order valence-electron chi connectivity index (χ1n) is 28.7. The number of hydrogen-bond acceptors (Lipinski definition) is 5. The van der Waals surface area contributed by atoms with Gasteiger partial charge in [-0.3, -0.25) is 9.59 Å². The summed E-state index contributed by atoms with van der Waals surface area (Å²) in [5.74, 6) is -0.452. The van der Waals surface area contributed by atoms with E-state index < -0.39 is 6.10 Å². The number of unbranched alkanes of at least 4 members (excludes halogenated alkanes) is 18. The lowest BCUT2D eigenvalue weighted by Gasteiger charge is -2.18. The zero-order valence-electron chi connectivity index (χ0n) is 45.5. The highest BCUT2D eigenvalue weighted by Gasteiger charge is 2.17. The SMILES string of the molecule is CC/C=C\C/C=C\C/C=C\C/C=C\C/C=C\CCCCOCC(COC(=O)CCCCCCCC/C=C\C/C=C\C/C=C\C/C=C\CC)OC(=O)CCCCCCCCC/C=C\C/C=C\CCCCC. The van der Waals surface area contributed by atoms with Crippen molar-refractivity contribution in [1.82, 2.24) is 0 Å². The first-order chi connectivity index (χ1) is 34.6. The van der Waals surface area contributed by atoms with Crippen LogP contribution in [0.5, 0.6) is 0 Å². The van der Waals surface area contributed by atoms with E-state index >= 15 is 0 Å². The molecule has 0 rings (SSSR count). The lowest BCUT2D eigenvalue weighted by Crippen LogP contribution is -2.30. The second-order valence-corrected chi connectivity index (χ2v) is 18.4. The van der Waals surface area contributed by atoms with Gasteiger partial charge in [-0.15, -0.1) is 0 Å². The minimum atomic E-state index is -0.580. The fourth-order valence-corrected chi connectivity index (χ4v) is 7.44. The van der Waals surface area contributed by atoms with E-state index in [1.807, 2.05) is 0 Å². The lowest BCUT2D eigenvalue weighted by molar-refractivity contribution is -0.163. The lowest BCUT2D eigenvalue weighted by atomic mass is 10.1. The Kier molecular flexibility index (Phi) is 56.0. The Balaban J connectivity index is 4.43. The van der Waals surface area contributed by atoms with E-state index in [9.17, 15) is 9.59 Å². The van der Waals surface area contributed by atoms with Crippen molar-refractivity contribution in [2.24, 2.45) is 0 Å². The van der Waals surface area contributed by atoms with Gasteiger partial charge in [0.25, 0.3) is 0 Å². The summed E-state index contributed by atoms with van der Waals surface area (Å²) >= 11 is 0. The second-order valence-electron chi connectivity index (χ2n) is 18.4. The summed E-state index contributed by atoms with van der Waals surface area (Å²) in [6.07, 6.45) is 84.7. The van der Waals surface area contributed by atoms with Gasteiger partial charge in [-0.05, 0) is 135 Å².